The number of ether oxygens (including phenoxy) is 1. The maximum absolute atomic E-state index is 12.7. The lowest BCUT2D eigenvalue weighted by molar-refractivity contribution is 0.265. The number of aromatic amines is 1. The highest BCUT2D eigenvalue weighted by molar-refractivity contribution is 5.22. The van der Waals surface area contributed by atoms with Crippen LogP contribution in [0.4, 0.5) is 4.39 Å². The van der Waals surface area contributed by atoms with E-state index in [1.165, 1.54) is 24.4 Å². The van der Waals surface area contributed by atoms with Crippen LogP contribution in [-0.2, 0) is 6.61 Å². The van der Waals surface area contributed by atoms with Gasteiger partial charge < -0.3 is 9.15 Å². The molecule has 0 atom stereocenters. The number of aromatic nitrogens is 1. The van der Waals surface area contributed by atoms with Gasteiger partial charge in [-0.05, 0) is 12.1 Å². The van der Waals surface area contributed by atoms with Crippen LogP contribution in [0.3, 0.4) is 0 Å². The lowest BCUT2D eigenvalue weighted by Crippen LogP contribution is -1.96. The van der Waals surface area contributed by atoms with Crippen LogP contribution < -0.4 is 10.5 Å². The molecule has 5 heteroatoms. The van der Waals surface area contributed by atoms with Crippen molar-refractivity contribution in [3.8, 4) is 5.75 Å². The van der Waals surface area contributed by atoms with E-state index in [-0.39, 0.29) is 12.4 Å². The molecule has 2 aromatic rings. The predicted molar refractivity (Wildman–Crippen MR) is 50.1 cm³/mol. The fraction of sp³-hybridized carbons (Fsp3) is 0.100. The second-order valence-corrected chi connectivity index (χ2v) is 2.89. The summed E-state index contributed by atoms with van der Waals surface area (Å²) in [5.41, 5.74) is 0. The SMILES string of the molecule is O=c1[nH]cc(COc2cccc(F)c2)o1. The molecule has 0 unspecified atom stereocenters. The number of halogens is 1. The van der Waals surface area contributed by atoms with Crippen LogP contribution in [-0.4, -0.2) is 4.98 Å². The lowest BCUT2D eigenvalue weighted by Gasteiger charge is -2.02. The molecule has 1 heterocycles. The summed E-state index contributed by atoms with van der Waals surface area (Å²) >= 11 is 0. The Morgan fingerprint density at radius 1 is 1.47 bits per heavy atom. The Morgan fingerprint density at radius 2 is 2.33 bits per heavy atom. The highest BCUT2D eigenvalue weighted by Gasteiger charge is 2.01. The van der Waals surface area contributed by atoms with Crippen molar-refractivity contribution < 1.29 is 13.5 Å². The molecular formula is C10H8FNO3. The quantitative estimate of drug-likeness (QED) is 0.836. The van der Waals surface area contributed by atoms with Crippen LogP contribution >= 0.6 is 0 Å². The molecule has 0 saturated carbocycles. The first-order chi connectivity index (χ1) is 7.24. The summed E-state index contributed by atoms with van der Waals surface area (Å²) in [6, 6.07) is 5.74. The molecule has 1 N–H and O–H groups in total. The summed E-state index contributed by atoms with van der Waals surface area (Å²) in [5, 5.41) is 0. The Bertz CT molecular complexity index is 503. The van der Waals surface area contributed by atoms with Gasteiger partial charge >= 0.3 is 5.76 Å². The molecule has 0 aliphatic carbocycles. The van der Waals surface area contributed by atoms with Crippen LogP contribution in [0.25, 0.3) is 0 Å². The zero-order valence-electron chi connectivity index (χ0n) is 7.70. The van der Waals surface area contributed by atoms with E-state index in [1.54, 1.807) is 6.07 Å². The summed E-state index contributed by atoms with van der Waals surface area (Å²) < 4.78 is 22.6. The fourth-order valence-corrected chi connectivity index (χ4v) is 1.10. The molecule has 78 valence electrons. The summed E-state index contributed by atoms with van der Waals surface area (Å²) in [6.07, 6.45) is 1.40. The Morgan fingerprint density at radius 3 is 3.00 bits per heavy atom. The zero-order valence-corrected chi connectivity index (χ0v) is 7.70. The number of nitrogens with one attached hydrogen (secondary N) is 1. The average molecular weight is 209 g/mol. The Labute approximate surface area is 84.3 Å². The van der Waals surface area contributed by atoms with Gasteiger partial charge in [-0.25, -0.2) is 9.18 Å². The van der Waals surface area contributed by atoms with Crippen molar-refractivity contribution in [2.75, 3.05) is 0 Å². The highest BCUT2D eigenvalue weighted by atomic mass is 19.1. The highest BCUT2D eigenvalue weighted by Crippen LogP contribution is 2.13. The minimum absolute atomic E-state index is 0.0855. The molecule has 0 aliphatic rings. The minimum atomic E-state index is -0.534. The summed E-state index contributed by atoms with van der Waals surface area (Å²) in [6.45, 7) is 0.0855. The van der Waals surface area contributed by atoms with E-state index in [2.05, 4.69) is 4.98 Å². The molecule has 0 radical (unpaired) electrons. The first-order valence-corrected chi connectivity index (χ1v) is 4.30. The molecular weight excluding hydrogens is 201 g/mol. The van der Waals surface area contributed by atoms with E-state index in [1.807, 2.05) is 0 Å². The first kappa shape index (κ1) is 9.51. The zero-order chi connectivity index (χ0) is 10.7. The Kier molecular flexibility index (Phi) is 2.53. The number of oxazole rings is 1. The maximum atomic E-state index is 12.7. The van der Waals surface area contributed by atoms with Gasteiger partial charge in [0.2, 0.25) is 0 Å². The van der Waals surface area contributed by atoms with Crippen LogP contribution in [0.5, 0.6) is 5.75 Å². The van der Waals surface area contributed by atoms with Gasteiger partial charge in [-0.1, -0.05) is 6.07 Å². The topological polar surface area (TPSA) is 55.2 Å². The van der Waals surface area contributed by atoms with Gasteiger partial charge in [0.15, 0.2) is 5.76 Å². The van der Waals surface area contributed by atoms with Crippen molar-refractivity contribution in [3.05, 3.63) is 52.6 Å². The predicted octanol–water partition coefficient (Wildman–Crippen LogP) is 1.69. The summed E-state index contributed by atoms with van der Waals surface area (Å²) in [7, 11) is 0. The standard InChI is InChI=1S/C10H8FNO3/c11-7-2-1-3-8(4-7)14-6-9-5-12-10(13)15-9/h1-5H,6H2,(H,12,13). The van der Waals surface area contributed by atoms with E-state index in [4.69, 9.17) is 9.15 Å². The van der Waals surface area contributed by atoms with E-state index in [9.17, 15) is 9.18 Å². The van der Waals surface area contributed by atoms with Gasteiger partial charge in [-0.2, -0.15) is 0 Å². The van der Waals surface area contributed by atoms with Crippen LogP contribution in [0.2, 0.25) is 0 Å². The molecule has 0 saturated heterocycles. The van der Waals surface area contributed by atoms with Crippen molar-refractivity contribution in [2.45, 2.75) is 6.61 Å². The van der Waals surface area contributed by atoms with Crippen LogP contribution in [0.15, 0.2) is 39.7 Å². The van der Waals surface area contributed by atoms with Gasteiger partial charge in [0.25, 0.3) is 0 Å². The third-order valence-electron chi connectivity index (χ3n) is 1.75. The minimum Gasteiger partial charge on any atom is -0.485 e. The second-order valence-electron chi connectivity index (χ2n) is 2.89. The molecule has 0 amide bonds. The molecule has 0 fully saturated rings. The third kappa shape index (κ3) is 2.46. The largest absolute Gasteiger partial charge is 0.485 e. The van der Waals surface area contributed by atoms with Crippen LogP contribution in [0, 0.1) is 5.82 Å². The molecule has 1 aromatic carbocycles. The number of hydrogen-bond donors (Lipinski definition) is 1. The van der Waals surface area contributed by atoms with Crippen molar-refractivity contribution in [3.63, 3.8) is 0 Å². The van der Waals surface area contributed by atoms with Gasteiger partial charge in [0, 0.05) is 12.3 Å². The smallest absolute Gasteiger partial charge is 0.416 e. The molecule has 4 nitrogen and oxygen atoms in total. The molecule has 0 bridgehead atoms. The number of rotatable bonds is 3. The molecule has 15 heavy (non-hydrogen) atoms. The fourth-order valence-electron chi connectivity index (χ4n) is 1.10. The first-order valence-electron chi connectivity index (χ1n) is 4.30. The molecule has 0 aliphatic heterocycles. The molecule has 2 rings (SSSR count). The molecule has 1 aromatic heterocycles. The Balaban J connectivity index is 2.02. The van der Waals surface area contributed by atoms with Crippen molar-refractivity contribution in [2.24, 2.45) is 0 Å². The normalized spacial score (nSPS) is 10.2. The number of hydrogen-bond acceptors (Lipinski definition) is 3. The maximum Gasteiger partial charge on any atom is 0.416 e. The number of benzene rings is 1. The number of H-pyrrole nitrogens is 1. The van der Waals surface area contributed by atoms with Gasteiger partial charge in [-0.3, -0.25) is 4.98 Å². The lowest BCUT2D eigenvalue weighted by atomic mass is 10.3. The van der Waals surface area contributed by atoms with E-state index in [0.29, 0.717) is 11.5 Å². The van der Waals surface area contributed by atoms with E-state index < -0.39 is 5.76 Å². The van der Waals surface area contributed by atoms with Crippen LogP contribution in [0.1, 0.15) is 5.76 Å². The molecule has 0 spiro atoms. The van der Waals surface area contributed by atoms with Crippen molar-refractivity contribution in [1.82, 2.24) is 4.98 Å². The summed E-state index contributed by atoms with van der Waals surface area (Å²) in [5.74, 6) is -0.154. The van der Waals surface area contributed by atoms with Crippen molar-refractivity contribution in [1.29, 1.82) is 0 Å². The summed E-state index contributed by atoms with van der Waals surface area (Å²) in [4.78, 5) is 13.0. The van der Waals surface area contributed by atoms with E-state index in [0.717, 1.165) is 0 Å². The average Bonchev–Trinajstić information content (AvgIpc) is 2.62. The van der Waals surface area contributed by atoms with Gasteiger partial charge in [-0.15, -0.1) is 0 Å². The van der Waals surface area contributed by atoms with Gasteiger partial charge in [0.05, 0.1) is 0 Å². The third-order valence-corrected chi connectivity index (χ3v) is 1.75. The van der Waals surface area contributed by atoms with Crippen molar-refractivity contribution >= 4 is 0 Å². The monoisotopic (exact) mass is 209 g/mol. The second kappa shape index (κ2) is 4.00. The van der Waals surface area contributed by atoms with Gasteiger partial charge in [0.1, 0.15) is 18.2 Å². The Hall–Kier alpha value is -2.04. The van der Waals surface area contributed by atoms with E-state index >= 15 is 0 Å².